The summed E-state index contributed by atoms with van der Waals surface area (Å²) in [5.74, 6) is 0. The number of hydrogen-bond acceptors (Lipinski definition) is 2. The van der Waals surface area contributed by atoms with E-state index in [1.807, 2.05) is 0 Å². The van der Waals surface area contributed by atoms with Gasteiger partial charge in [0, 0.05) is 11.7 Å². The van der Waals surface area contributed by atoms with E-state index in [-0.39, 0.29) is 10.6 Å². The van der Waals surface area contributed by atoms with Gasteiger partial charge >= 0.3 is 5.69 Å². The summed E-state index contributed by atoms with van der Waals surface area (Å²) in [6.45, 7) is 1.60. The minimum Gasteiger partial charge on any atom is -0.285 e. The van der Waals surface area contributed by atoms with Gasteiger partial charge in [0.25, 0.3) is 4.92 Å². The summed E-state index contributed by atoms with van der Waals surface area (Å²) in [6, 6.07) is 2.65. The lowest BCUT2D eigenvalue weighted by atomic mass is 10.3. The van der Waals surface area contributed by atoms with E-state index in [1.54, 1.807) is 6.92 Å². The fourth-order valence-corrected chi connectivity index (χ4v) is 0.712. The van der Waals surface area contributed by atoms with Gasteiger partial charge in [-0.15, -0.1) is 0 Å². The van der Waals surface area contributed by atoms with Crippen LogP contribution in [0.4, 0.5) is 5.69 Å². The normalized spacial score (nSPS) is 9.55. The van der Waals surface area contributed by atoms with Crippen LogP contribution in [0.2, 0.25) is 0 Å². The first kappa shape index (κ1) is 7.46. The highest BCUT2D eigenvalue weighted by Crippen LogP contribution is 2.06. The van der Waals surface area contributed by atoms with Gasteiger partial charge in [-0.05, 0) is 0 Å². The summed E-state index contributed by atoms with van der Waals surface area (Å²) in [4.78, 5) is 10.0. The maximum Gasteiger partial charge on any atom is 0.329 e. The van der Waals surface area contributed by atoms with Gasteiger partial charge in [-0.1, -0.05) is 0 Å². The number of pyridine rings is 1. The Morgan fingerprint density at radius 3 is 2.73 bits per heavy atom. The van der Waals surface area contributed by atoms with Gasteiger partial charge in [0.05, 0.1) is 17.0 Å². The lowest BCUT2D eigenvalue weighted by molar-refractivity contribution is -0.909. The Labute approximate surface area is 62.6 Å². The molecule has 1 heterocycles. The fraction of sp³-hybridized carbons (Fsp3) is 0.167. The Balaban J connectivity index is 3.15. The lowest BCUT2D eigenvalue weighted by Gasteiger charge is -1.85. The summed E-state index contributed by atoms with van der Waals surface area (Å²) in [6.07, 6.45) is 1.27. The molecule has 0 radical (unpaired) electrons. The molecule has 5 heteroatoms. The van der Waals surface area contributed by atoms with Crippen LogP contribution in [0.3, 0.4) is 0 Å². The van der Waals surface area contributed by atoms with Crippen LogP contribution in [-0.4, -0.2) is 15.3 Å². The standard InChI is InChI=1S/C6H8N2O3/c1-5-4-6(8(10)11)2-3-7(5)9/h2-4,9H,1H3,(H,10,11)/q+2. The molecule has 58 valence electrons. The first-order valence-electron chi connectivity index (χ1n) is 2.99. The molecule has 5 nitrogen and oxygen atoms in total. The summed E-state index contributed by atoms with van der Waals surface area (Å²) in [5, 5.41) is 17.4. The van der Waals surface area contributed by atoms with Crippen molar-refractivity contribution in [2.75, 3.05) is 0 Å². The van der Waals surface area contributed by atoms with Crippen LogP contribution in [0.25, 0.3) is 0 Å². The average Bonchev–Trinajstić information content (AvgIpc) is 1.94. The molecule has 0 aliphatic rings. The molecule has 2 N–H and O–H groups in total. The summed E-state index contributed by atoms with van der Waals surface area (Å²) in [5.41, 5.74) is 0.560. The molecule has 0 aromatic carbocycles. The molecule has 0 aliphatic carbocycles. The van der Waals surface area contributed by atoms with Crippen LogP contribution in [-0.2, 0) is 0 Å². The van der Waals surface area contributed by atoms with E-state index in [2.05, 4.69) is 0 Å². The van der Waals surface area contributed by atoms with Gasteiger partial charge in [0.15, 0.2) is 0 Å². The zero-order valence-electron chi connectivity index (χ0n) is 5.93. The van der Waals surface area contributed by atoms with Crippen LogP contribution < -0.4 is 4.73 Å². The van der Waals surface area contributed by atoms with Crippen molar-refractivity contribution in [2.45, 2.75) is 6.92 Å². The highest BCUT2D eigenvalue weighted by Gasteiger charge is 2.16. The van der Waals surface area contributed by atoms with Crippen LogP contribution >= 0.6 is 0 Å². The molecule has 1 aromatic heterocycles. The van der Waals surface area contributed by atoms with Gasteiger partial charge in [0.2, 0.25) is 11.9 Å². The fourth-order valence-electron chi connectivity index (χ4n) is 0.712. The average molecular weight is 156 g/mol. The zero-order valence-corrected chi connectivity index (χ0v) is 5.93. The lowest BCUT2D eigenvalue weighted by Crippen LogP contribution is -2.32. The van der Waals surface area contributed by atoms with Gasteiger partial charge < -0.3 is 0 Å². The van der Waals surface area contributed by atoms with E-state index in [4.69, 9.17) is 10.4 Å². The monoisotopic (exact) mass is 156 g/mol. The highest BCUT2D eigenvalue weighted by atomic mass is 16.6. The smallest absolute Gasteiger partial charge is 0.285 e. The first-order valence-corrected chi connectivity index (χ1v) is 2.99. The third-order valence-corrected chi connectivity index (χ3v) is 1.33. The maximum atomic E-state index is 10.3. The van der Waals surface area contributed by atoms with E-state index in [0.717, 1.165) is 4.73 Å². The van der Waals surface area contributed by atoms with Crippen LogP contribution in [0.1, 0.15) is 5.69 Å². The van der Waals surface area contributed by atoms with Gasteiger partial charge in [-0.25, -0.2) is 5.21 Å². The molecule has 0 bridgehead atoms. The molecule has 11 heavy (non-hydrogen) atoms. The second-order valence-electron chi connectivity index (χ2n) is 2.14. The van der Waals surface area contributed by atoms with Crippen molar-refractivity contribution in [3.8, 4) is 0 Å². The van der Waals surface area contributed by atoms with Crippen molar-refractivity contribution < 1.29 is 20.1 Å². The van der Waals surface area contributed by atoms with Crippen LogP contribution in [0.5, 0.6) is 0 Å². The molecule has 1 rings (SSSR count). The molecular formula is C6H8N2O3+2. The van der Waals surface area contributed by atoms with Gasteiger partial charge in [-0.3, -0.25) is 5.21 Å². The third-order valence-electron chi connectivity index (χ3n) is 1.33. The van der Waals surface area contributed by atoms with E-state index in [1.165, 1.54) is 18.3 Å². The molecule has 0 saturated carbocycles. The molecule has 0 spiro atoms. The Hall–Kier alpha value is -1.65. The van der Waals surface area contributed by atoms with E-state index in [9.17, 15) is 4.91 Å². The second kappa shape index (κ2) is 2.53. The SMILES string of the molecule is Cc1cc([N+](=O)O)cc[n+]1O. The number of rotatable bonds is 1. The Bertz CT molecular complexity index is 298. The predicted molar refractivity (Wildman–Crippen MR) is 33.6 cm³/mol. The molecule has 0 unspecified atom stereocenters. The molecule has 0 aliphatic heterocycles. The molecular weight excluding hydrogens is 148 g/mol. The van der Waals surface area contributed by atoms with Gasteiger partial charge in [-0.2, -0.15) is 0 Å². The number of nitrogens with zero attached hydrogens (tertiary/aromatic N) is 2. The quantitative estimate of drug-likeness (QED) is 0.349. The Morgan fingerprint density at radius 2 is 2.27 bits per heavy atom. The van der Waals surface area contributed by atoms with Gasteiger partial charge in [0.1, 0.15) is 0 Å². The highest BCUT2D eigenvalue weighted by molar-refractivity contribution is 5.25. The Kier molecular flexibility index (Phi) is 1.72. The van der Waals surface area contributed by atoms with E-state index in [0.29, 0.717) is 5.69 Å². The third kappa shape index (κ3) is 1.43. The minimum absolute atomic E-state index is 0.0906. The molecule has 0 amide bonds. The van der Waals surface area contributed by atoms with Crippen LogP contribution in [0, 0.1) is 11.8 Å². The minimum atomic E-state index is -0.257. The van der Waals surface area contributed by atoms with E-state index < -0.39 is 0 Å². The van der Waals surface area contributed by atoms with Crippen molar-refractivity contribution in [2.24, 2.45) is 0 Å². The van der Waals surface area contributed by atoms with Crippen molar-refractivity contribution in [3.05, 3.63) is 28.9 Å². The number of aryl methyl sites for hydroxylation is 1. The summed E-state index contributed by atoms with van der Waals surface area (Å²) >= 11 is 0. The van der Waals surface area contributed by atoms with Crippen molar-refractivity contribution in [3.63, 3.8) is 0 Å². The first-order chi connectivity index (χ1) is 5.11. The van der Waals surface area contributed by atoms with Crippen molar-refractivity contribution in [1.29, 1.82) is 0 Å². The molecule has 0 atom stereocenters. The Morgan fingerprint density at radius 1 is 1.64 bits per heavy atom. The zero-order chi connectivity index (χ0) is 8.43. The predicted octanol–water partition coefficient (Wildman–Crippen LogP) is 0.319. The topological polar surface area (TPSA) is 64.4 Å². The molecule has 1 aromatic rings. The van der Waals surface area contributed by atoms with E-state index >= 15 is 0 Å². The molecule has 0 fully saturated rings. The largest absolute Gasteiger partial charge is 0.329 e. The number of hydrogen-bond donors (Lipinski definition) is 2. The summed E-state index contributed by atoms with van der Waals surface area (Å²) < 4.78 is 0.854. The summed E-state index contributed by atoms with van der Waals surface area (Å²) in [7, 11) is 0. The van der Waals surface area contributed by atoms with Crippen molar-refractivity contribution in [1.82, 2.24) is 0 Å². The van der Waals surface area contributed by atoms with Crippen molar-refractivity contribution >= 4 is 5.69 Å². The molecule has 0 saturated heterocycles. The number of aromatic nitrogens is 1. The van der Waals surface area contributed by atoms with Crippen LogP contribution in [0.15, 0.2) is 18.3 Å². The second-order valence-corrected chi connectivity index (χ2v) is 2.14. The maximum absolute atomic E-state index is 10.3.